The van der Waals surface area contributed by atoms with Gasteiger partial charge in [0.05, 0.1) is 16.2 Å². The fourth-order valence-electron chi connectivity index (χ4n) is 1.31. The second-order valence-electron chi connectivity index (χ2n) is 3.33. The highest BCUT2D eigenvalue weighted by molar-refractivity contribution is 5.61. The SMILES string of the molecule is C#CCCCNc1ccc([N+](=O)[O-])cc1C#N. The van der Waals surface area contributed by atoms with Crippen molar-refractivity contribution >= 4 is 11.4 Å². The molecular weight excluding hydrogens is 218 g/mol. The molecule has 0 radical (unpaired) electrons. The highest BCUT2D eigenvalue weighted by Gasteiger charge is 2.09. The molecule has 0 saturated heterocycles. The lowest BCUT2D eigenvalue weighted by molar-refractivity contribution is -0.384. The zero-order chi connectivity index (χ0) is 12.7. The molecule has 0 heterocycles. The molecule has 0 bridgehead atoms. The Morgan fingerprint density at radius 2 is 2.29 bits per heavy atom. The van der Waals surface area contributed by atoms with Crippen LogP contribution in [0.5, 0.6) is 0 Å². The number of nitrogens with one attached hydrogen (secondary N) is 1. The van der Waals surface area contributed by atoms with E-state index in [0.29, 0.717) is 18.7 Å². The summed E-state index contributed by atoms with van der Waals surface area (Å²) in [6, 6.07) is 6.08. The Morgan fingerprint density at radius 3 is 2.88 bits per heavy atom. The Hall–Kier alpha value is -2.53. The lowest BCUT2D eigenvalue weighted by atomic mass is 10.1. The van der Waals surface area contributed by atoms with E-state index in [1.807, 2.05) is 6.07 Å². The van der Waals surface area contributed by atoms with Gasteiger partial charge in [-0.05, 0) is 12.5 Å². The Balaban J connectivity index is 2.77. The molecule has 0 atom stereocenters. The summed E-state index contributed by atoms with van der Waals surface area (Å²) in [7, 11) is 0. The first-order chi connectivity index (χ1) is 8.19. The van der Waals surface area contributed by atoms with E-state index in [1.165, 1.54) is 18.2 Å². The van der Waals surface area contributed by atoms with Crippen molar-refractivity contribution in [3.05, 3.63) is 33.9 Å². The lowest BCUT2D eigenvalue weighted by Gasteiger charge is -2.06. The molecule has 5 heteroatoms. The van der Waals surface area contributed by atoms with E-state index in [2.05, 4.69) is 11.2 Å². The van der Waals surface area contributed by atoms with Crippen LogP contribution in [0.1, 0.15) is 18.4 Å². The summed E-state index contributed by atoms with van der Waals surface area (Å²) in [6.45, 7) is 0.636. The summed E-state index contributed by atoms with van der Waals surface area (Å²) in [5.41, 5.74) is 0.769. The number of nitriles is 1. The van der Waals surface area contributed by atoms with E-state index in [1.54, 1.807) is 0 Å². The van der Waals surface area contributed by atoms with Gasteiger partial charge in [-0.2, -0.15) is 5.26 Å². The molecular formula is C12H11N3O2. The van der Waals surface area contributed by atoms with Crippen molar-refractivity contribution in [1.29, 1.82) is 5.26 Å². The number of non-ortho nitro benzene ring substituents is 1. The van der Waals surface area contributed by atoms with E-state index in [9.17, 15) is 10.1 Å². The maximum Gasteiger partial charge on any atom is 0.270 e. The highest BCUT2D eigenvalue weighted by Crippen LogP contribution is 2.21. The molecule has 0 fully saturated rings. The van der Waals surface area contributed by atoms with Crippen LogP contribution in [0.4, 0.5) is 11.4 Å². The second-order valence-corrected chi connectivity index (χ2v) is 3.33. The van der Waals surface area contributed by atoms with Gasteiger partial charge in [-0.3, -0.25) is 10.1 Å². The quantitative estimate of drug-likeness (QED) is 0.363. The van der Waals surface area contributed by atoms with Gasteiger partial charge in [-0.25, -0.2) is 0 Å². The molecule has 0 spiro atoms. The number of unbranched alkanes of at least 4 members (excludes halogenated alkanes) is 1. The molecule has 0 aliphatic rings. The minimum atomic E-state index is -0.525. The largest absolute Gasteiger partial charge is 0.384 e. The molecule has 86 valence electrons. The summed E-state index contributed by atoms with van der Waals surface area (Å²) in [5.74, 6) is 2.51. The van der Waals surface area contributed by atoms with Crippen molar-refractivity contribution in [2.45, 2.75) is 12.8 Å². The molecule has 0 unspecified atom stereocenters. The lowest BCUT2D eigenvalue weighted by Crippen LogP contribution is -2.03. The van der Waals surface area contributed by atoms with Crippen LogP contribution in [-0.4, -0.2) is 11.5 Å². The number of benzene rings is 1. The maximum atomic E-state index is 10.5. The predicted molar refractivity (Wildman–Crippen MR) is 64.4 cm³/mol. The first kappa shape index (κ1) is 12.5. The van der Waals surface area contributed by atoms with E-state index >= 15 is 0 Å². The van der Waals surface area contributed by atoms with Gasteiger partial charge in [0, 0.05) is 25.1 Å². The standard InChI is InChI=1S/C12H11N3O2/c1-2-3-4-7-14-12-6-5-11(15(16)17)8-10(12)9-13/h1,5-6,8,14H,3-4,7H2. The molecule has 1 N–H and O–H groups in total. The fourth-order valence-corrected chi connectivity index (χ4v) is 1.31. The van der Waals surface area contributed by atoms with Crippen LogP contribution in [0.15, 0.2) is 18.2 Å². The van der Waals surface area contributed by atoms with E-state index in [0.717, 1.165) is 6.42 Å². The fraction of sp³-hybridized carbons (Fsp3) is 0.250. The van der Waals surface area contributed by atoms with Gasteiger partial charge in [0.1, 0.15) is 6.07 Å². The van der Waals surface area contributed by atoms with Gasteiger partial charge in [0.15, 0.2) is 0 Å². The van der Waals surface area contributed by atoms with Gasteiger partial charge in [0.2, 0.25) is 0 Å². The van der Waals surface area contributed by atoms with Crippen LogP contribution >= 0.6 is 0 Å². The third-order valence-electron chi connectivity index (χ3n) is 2.15. The van der Waals surface area contributed by atoms with Crippen molar-refractivity contribution in [3.8, 4) is 18.4 Å². The smallest absolute Gasteiger partial charge is 0.270 e. The zero-order valence-electron chi connectivity index (χ0n) is 9.14. The van der Waals surface area contributed by atoms with E-state index in [4.69, 9.17) is 11.7 Å². The van der Waals surface area contributed by atoms with Crippen LogP contribution in [-0.2, 0) is 0 Å². The number of terminal acetylenes is 1. The minimum absolute atomic E-state index is 0.0873. The van der Waals surface area contributed by atoms with Gasteiger partial charge in [0.25, 0.3) is 5.69 Å². The topological polar surface area (TPSA) is 79.0 Å². The normalized spacial score (nSPS) is 9.06. The number of hydrogen-bond donors (Lipinski definition) is 1. The van der Waals surface area contributed by atoms with Gasteiger partial charge in [-0.1, -0.05) is 0 Å². The van der Waals surface area contributed by atoms with Crippen LogP contribution < -0.4 is 5.32 Å². The van der Waals surface area contributed by atoms with Crippen LogP contribution in [0.2, 0.25) is 0 Å². The molecule has 0 aliphatic carbocycles. The number of rotatable bonds is 5. The maximum absolute atomic E-state index is 10.5. The first-order valence-corrected chi connectivity index (χ1v) is 5.05. The number of nitro groups is 1. The monoisotopic (exact) mass is 229 g/mol. The summed E-state index contributed by atoms with van der Waals surface area (Å²) in [4.78, 5) is 10.0. The molecule has 1 rings (SSSR count). The highest BCUT2D eigenvalue weighted by atomic mass is 16.6. The van der Waals surface area contributed by atoms with Crippen molar-refractivity contribution < 1.29 is 4.92 Å². The summed E-state index contributed by atoms with van der Waals surface area (Å²) in [6.07, 6.45) is 6.56. The number of anilines is 1. The number of nitrogens with zero attached hydrogens (tertiary/aromatic N) is 2. The second kappa shape index (κ2) is 6.14. The Morgan fingerprint density at radius 1 is 1.53 bits per heavy atom. The van der Waals surface area contributed by atoms with E-state index in [-0.39, 0.29) is 11.3 Å². The van der Waals surface area contributed by atoms with E-state index < -0.39 is 4.92 Å². The molecule has 0 saturated carbocycles. The average Bonchev–Trinajstić information content (AvgIpc) is 2.34. The summed E-state index contributed by atoms with van der Waals surface area (Å²) in [5, 5.41) is 22.4. The zero-order valence-corrected chi connectivity index (χ0v) is 9.14. The van der Waals surface area contributed by atoms with Gasteiger partial charge in [-0.15, -0.1) is 12.3 Å². The Bertz CT molecular complexity index is 497. The average molecular weight is 229 g/mol. The summed E-state index contributed by atoms with van der Waals surface area (Å²) < 4.78 is 0. The molecule has 0 amide bonds. The third kappa shape index (κ3) is 3.51. The number of hydrogen-bond acceptors (Lipinski definition) is 4. The van der Waals surface area contributed by atoms with Crippen molar-refractivity contribution in [3.63, 3.8) is 0 Å². The van der Waals surface area contributed by atoms with Crippen molar-refractivity contribution in [2.75, 3.05) is 11.9 Å². The predicted octanol–water partition coefficient (Wildman–Crippen LogP) is 2.29. The summed E-state index contributed by atoms with van der Waals surface area (Å²) >= 11 is 0. The van der Waals surface area contributed by atoms with Crippen molar-refractivity contribution in [2.24, 2.45) is 0 Å². The van der Waals surface area contributed by atoms with Crippen LogP contribution in [0, 0.1) is 33.8 Å². The first-order valence-electron chi connectivity index (χ1n) is 5.05. The minimum Gasteiger partial charge on any atom is -0.384 e. The molecule has 1 aromatic carbocycles. The molecule has 5 nitrogen and oxygen atoms in total. The molecule has 0 aromatic heterocycles. The van der Waals surface area contributed by atoms with Crippen molar-refractivity contribution in [1.82, 2.24) is 0 Å². The third-order valence-corrected chi connectivity index (χ3v) is 2.15. The molecule has 1 aromatic rings. The van der Waals surface area contributed by atoms with Gasteiger partial charge < -0.3 is 5.32 Å². The van der Waals surface area contributed by atoms with Crippen LogP contribution in [0.25, 0.3) is 0 Å². The Kier molecular flexibility index (Phi) is 4.53. The van der Waals surface area contributed by atoms with Crippen LogP contribution in [0.3, 0.4) is 0 Å². The molecule has 0 aliphatic heterocycles. The molecule has 17 heavy (non-hydrogen) atoms. The van der Waals surface area contributed by atoms with Gasteiger partial charge >= 0.3 is 0 Å². The number of nitro benzene ring substituents is 1. The Labute approximate surface area is 99.2 Å².